The summed E-state index contributed by atoms with van der Waals surface area (Å²) < 4.78 is -1.36. The van der Waals surface area contributed by atoms with E-state index in [1.807, 2.05) is 0 Å². The first-order chi connectivity index (χ1) is 8.10. The van der Waals surface area contributed by atoms with Crippen LogP contribution in [0.4, 0.5) is 0 Å². The summed E-state index contributed by atoms with van der Waals surface area (Å²) >= 11 is 29.2. The van der Waals surface area contributed by atoms with Crippen molar-refractivity contribution in [1.29, 1.82) is 0 Å². The van der Waals surface area contributed by atoms with Crippen molar-refractivity contribution >= 4 is 64.0 Å². The first kappa shape index (κ1) is 16.2. The molecule has 0 unspecified atom stereocenters. The van der Waals surface area contributed by atoms with Crippen molar-refractivity contribution < 1.29 is 9.90 Å². The Morgan fingerprint density at radius 3 is 2.11 bits per heavy atom. The minimum Gasteiger partial charge on any atom is -0.481 e. The molecule has 0 heterocycles. The molecule has 0 saturated heterocycles. The van der Waals surface area contributed by atoms with Gasteiger partial charge in [0.05, 0.1) is 16.0 Å². The van der Waals surface area contributed by atoms with Crippen molar-refractivity contribution in [2.24, 2.45) is 11.8 Å². The van der Waals surface area contributed by atoms with Gasteiger partial charge in [0.15, 0.2) is 0 Å². The molecule has 0 aromatic rings. The van der Waals surface area contributed by atoms with Gasteiger partial charge in [-0.05, 0) is 18.6 Å². The van der Waals surface area contributed by atoms with Crippen molar-refractivity contribution in [3.05, 3.63) is 33.3 Å². The Morgan fingerprint density at radius 2 is 1.78 bits per heavy atom. The number of alkyl halides is 2. The standard InChI is InChI=1S/C11H9Cl5O2/c1-4(3-6(13)9(14)5(2)12)7-8(10(17)18)11(7,15)16/h3,7-8H,1H2,2H3,(H,17,18)/b6-3+,9-5-/t7-,8+/m1/s1. The highest BCUT2D eigenvalue weighted by atomic mass is 35.5. The lowest BCUT2D eigenvalue weighted by atomic mass is 10.1. The van der Waals surface area contributed by atoms with Crippen molar-refractivity contribution in [3.8, 4) is 0 Å². The van der Waals surface area contributed by atoms with Crippen molar-refractivity contribution in [3.63, 3.8) is 0 Å². The van der Waals surface area contributed by atoms with Gasteiger partial charge in [-0.1, -0.05) is 64.6 Å². The first-order valence-corrected chi connectivity index (χ1v) is 6.68. The third-order valence-corrected chi connectivity index (χ3v) is 4.65. The third-order valence-electron chi connectivity index (χ3n) is 2.54. The van der Waals surface area contributed by atoms with Gasteiger partial charge in [-0.2, -0.15) is 0 Å². The summed E-state index contributed by atoms with van der Waals surface area (Å²) in [5.41, 5.74) is 0.397. The lowest BCUT2D eigenvalue weighted by Crippen LogP contribution is -2.03. The number of hydrogen-bond donors (Lipinski definition) is 1. The molecule has 7 heteroatoms. The van der Waals surface area contributed by atoms with Gasteiger partial charge in [0.2, 0.25) is 0 Å². The number of hydrogen-bond acceptors (Lipinski definition) is 1. The van der Waals surface area contributed by atoms with Crippen LogP contribution >= 0.6 is 58.0 Å². The molecule has 1 saturated carbocycles. The summed E-state index contributed by atoms with van der Waals surface area (Å²) in [5, 5.41) is 9.57. The highest BCUT2D eigenvalue weighted by Gasteiger charge is 2.68. The molecular formula is C11H9Cl5O2. The number of rotatable bonds is 4. The van der Waals surface area contributed by atoms with E-state index >= 15 is 0 Å². The molecule has 2 atom stereocenters. The van der Waals surface area contributed by atoms with Crippen LogP contribution in [0.1, 0.15) is 6.92 Å². The van der Waals surface area contributed by atoms with Gasteiger partial charge >= 0.3 is 5.97 Å². The molecule has 1 rings (SSSR count). The third kappa shape index (κ3) is 3.17. The molecule has 0 aromatic carbocycles. The maximum absolute atomic E-state index is 10.9. The Bertz CT molecular complexity index is 460. The number of halogens is 5. The molecule has 18 heavy (non-hydrogen) atoms. The van der Waals surface area contributed by atoms with Crippen LogP contribution in [0, 0.1) is 11.8 Å². The molecular weight excluding hydrogens is 341 g/mol. The number of carboxylic acid groups (broad SMARTS) is 1. The summed E-state index contributed by atoms with van der Waals surface area (Å²) in [7, 11) is 0. The summed E-state index contributed by atoms with van der Waals surface area (Å²) in [4.78, 5) is 10.9. The fourth-order valence-corrected chi connectivity index (χ4v) is 2.91. The van der Waals surface area contributed by atoms with Crippen LogP contribution in [-0.2, 0) is 4.79 Å². The minimum absolute atomic E-state index is 0.161. The van der Waals surface area contributed by atoms with E-state index in [-0.39, 0.29) is 10.1 Å². The minimum atomic E-state index is -1.36. The Kier molecular flexibility index (Phi) is 5.07. The smallest absolute Gasteiger partial charge is 0.310 e. The van der Waals surface area contributed by atoms with Crippen LogP contribution < -0.4 is 0 Å². The Balaban J connectivity index is 2.90. The van der Waals surface area contributed by atoms with E-state index in [0.29, 0.717) is 10.6 Å². The highest BCUT2D eigenvalue weighted by molar-refractivity contribution is 6.53. The molecule has 1 aliphatic carbocycles. The predicted octanol–water partition coefficient (Wildman–Crippen LogP) is 4.88. The van der Waals surface area contributed by atoms with E-state index in [2.05, 4.69) is 6.58 Å². The summed E-state index contributed by atoms with van der Waals surface area (Å²) in [5.74, 6) is -2.56. The zero-order chi connectivity index (χ0) is 14.2. The SMILES string of the molecule is C=C(/C=C(Cl)\C(Cl)=C(/C)Cl)[C@@H]1[C@@H](C(=O)O)C1(Cl)Cl. The van der Waals surface area contributed by atoms with E-state index in [1.54, 1.807) is 6.92 Å². The number of aliphatic carboxylic acids is 1. The van der Waals surface area contributed by atoms with Crippen molar-refractivity contribution in [2.45, 2.75) is 11.3 Å². The van der Waals surface area contributed by atoms with Crippen LogP contribution in [-0.4, -0.2) is 15.4 Å². The predicted molar refractivity (Wildman–Crippen MR) is 76.5 cm³/mol. The largest absolute Gasteiger partial charge is 0.481 e. The molecule has 2 nitrogen and oxygen atoms in total. The van der Waals surface area contributed by atoms with Gasteiger partial charge in [0, 0.05) is 11.0 Å². The van der Waals surface area contributed by atoms with Gasteiger partial charge in [-0.3, -0.25) is 4.79 Å². The molecule has 0 spiro atoms. The Labute approximate surface area is 130 Å². The van der Waals surface area contributed by atoms with Crippen LogP contribution in [0.5, 0.6) is 0 Å². The quantitative estimate of drug-likeness (QED) is 0.580. The van der Waals surface area contributed by atoms with E-state index in [4.69, 9.17) is 63.1 Å². The molecule has 1 fully saturated rings. The number of carboxylic acids is 1. The van der Waals surface area contributed by atoms with Crippen LogP contribution in [0.2, 0.25) is 0 Å². The Morgan fingerprint density at radius 1 is 1.28 bits per heavy atom. The second-order valence-corrected chi connectivity index (χ2v) is 6.68. The van der Waals surface area contributed by atoms with Crippen LogP contribution in [0.3, 0.4) is 0 Å². The lowest BCUT2D eigenvalue weighted by Gasteiger charge is -2.02. The monoisotopic (exact) mass is 348 g/mol. The average molecular weight is 350 g/mol. The molecule has 100 valence electrons. The zero-order valence-corrected chi connectivity index (χ0v) is 13.0. The van der Waals surface area contributed by atoms with Gasteiger partial charge < -0.3 is 5.11 Å². The normalized spacial score (nSPS) is 27.6. The van der Waals surface area contributed by atoms with E-state index < -0.39 is 22.1 Å². The maximum Gasteiger partial charge on any atom is 0.310 e. The maximum atomic E-state index is 10.9. The van der Waals surface area contributed by atoms with Gasteiger partial charge in [0.25, 0.3) is 0 Å². The fourth-order valence-electron chi connectivity index (χ4n) is 1.58. The van der Waals surface area contributed by atoms with E-state index in [9.17, 15) is 4.79 Å². The topological polar surface area (TPSA) is 37.3 Å². The second kappa shape index (κ2) is 5.64. The van der Waals surface area contributed by atoms with Gasteiger partial charge in [0.1, 0.15) is 4.33 Å². The number of allylic oxidation sites excluding steroid dienone is 5. The summed E-state index contributed by atoms with van der Waals surface area (Å²) in [6, 6.07) is 0. The van der Waals surface area contributed by atoms with Crippen molar-refractivity contribution in [1.82, 2.24) is 0 Å². The zero-order valence-electron chi connectivity index (χ0n) is 9.18. The summed E-state index contributed by atoms with van der Waals surface area (Å²) in [6.45, 7) is 5.29. The fraction of sp³-hybridized carbons (Fsp3) is 0.364. The number of carbonyl (C=O) groups is 1. The molecule has 1 aliphatic rings. The summed E-state index contributed by atoms with van der Waals surface area (Å²) in [6.07, 6.45) is 1.42. The molecule has 0 aromatic heterocycles. The van der Waals surface area contributed by atoms with Gasteiger partial charge in [-0.15, -0.1) is 0 Å². The molecule has 0 aliphatic heterocycles. The van der Waals surface area contributed by atoms with E-state index in [0.717, 1.165) is 0 Å². The second-order valence-electron chi connectivity index (χ2n) is 3.88. The first-order valence-electron chi connectivity index (χ1n) is 4.79. The van der Waals surface area contributed by atoms with Crippen LogP contribution in [0.15, 0.2) is 33.3 Å². The molecule has 0 radical (unpaired) electrons. The average Bonchev–Trinajstić information content (AvgIpc) is 2.80. The van der Waals surface area contributed by atoms with Crippen molar-refractivity contribution in [2.75, 3.05) is 0 Å². The lowest BCUT2D eigenvalue weighted by molar-refractivity contribution is -0.138. The molecule has 0 amide bonds. The molecule has 0 bridgehead atoms. The van der Waals surface area contributed by atoms with Gasteiger partial charge in [-0.25, -0.2) is 0 Å². The highest BCUT2D eigenvalue weighted by Crippen LogP contribution is 2.62. The Hall–Kier alpha value is 0.140. The van der Waals surface area contributed by atoms with Crippen LogP contribution in [0.25, 0.3) is 0 Å². The molecule has 1 N–H and O–H groups in total. The van der Waals surface area contributed by atoms with E-state index in [1.165, 1.54) is 6.08 Å².